The van der Waals surface area contributed by atoms with Crippen LogP contribution in [0.25, 0.3) is 11.1 Å². The fourth-order valence-electron chi connectivity index (χ4n) is 1.66. The third-order valence-electron chi connectivity index (χ3n) is 2.41. The summed E-state index contributed by atoms with van der Waals surface area (Å²) in [6.45, 7) is 0. The summed E-state index contributed by atoms with van der Waals surface area (Å²) in [4.78, 5) is -0.415. The van der Waals surface area contributed by atoms with Crippen LogP contribution in [0.15, 0.2) is 58.3 Å². The normalized spacial score (nSPS) is 12.7. The van der Waals surface area contributed by atoms with Crippen LogP contribution in [0.2, 0.25) is 0 Å². The van der Waals surface area contributed by atoms with Crippen molar-refractivity contribution >= 4 is 22.2 Å². The van der Waals surface area contributed by atoms with Crippen molar-refractivity contribution in [2.75, 3.05) is 0 Å². The largest absolute Gasteiger partial charge is 1.00 e. The Morgan fingerprint density at radius 1 is 0.750 bits per heavy atom. The maximum absolute atomic E-state index is 11.2. The fraction of sp³-hybridized carbons (Fsp3) is 0. The molecule has 0 aliphatic heterocycles. The van der Waals surface area contributed by atoms with Gasteiger partial charge in [-0.25, -0.2) is 0 Å². The van der Waals surface area contributed by atoms with Gasteiger partial charge in [0.15, 0.2) is 0 Å². The fourth-order valence-corrected chi connectivity index (χ4v) is 3.12. The van der Waals surface area contributed by atoms with E-state index in [1.807, 2.05) is 0 Å². The van der Waals surface area contributed by atoms with Gasteiger partial charge >= 0.3 is 59.1 Å². The minimum Gasteiger partial charge on any atom is -0.768 e. The second-order valence-electron chi connectivity index (χ2n) is 3.47. The molecule has 0 bridgehead atoms. The molecule has 0 radical (unpaired) electrons. The van der Waals surface area contributed by atoms with E-state index in [9.17, 15) is 17.5 Å². The molecule has 2 unspecified atom stereocenters. The van der Waals surface area contributed by atoms with Gasteiger partial charge in [-0.2, -0.15) is 0 Å². The topological polar surface area (TPSA) is 80.3 Å². The zero-order valence-electron chi connectivity index (χ0n) is 11.1. The summed E-state index contributed by atoms with van der Waals surface area (Å²) in [7, 11) is 0. The van der Waals surface area contributed by atoms with Crippen molar-refractivity contribution in [1.82, 2.24) is 0 Å². The molecule has 94 valence electrons. The molecule has 2 aromatic rings. The predicted molar refractivity (Wildman–Crippen MR) is 66.2 cm³/mol. The Kier molecular flexibility index (Phi) is 9.95. The minimum atomic E-state index is -2.62. The van der Waals surface area contributed by atoms with Crippen LogP contribution in [0.5, 0.6) is 0 Å². The van der Waals surface area contributed by atoms with Gasteiger partial charge in [0.1, 0.15) is 0 Å². The third-order valence-corrected chi connectivity index (χ3v) is 4.01. The molecule has 0 N–H and O–H groups in total. The van der Waals surface area contributed by atoms with E-state index in [4.69, 9.17) is 0 Å². The van der Waals surface area contributed by atoms with Gasteiger partial charge in [0.25, 0.3) is 0 Å². The van der Waals surface area contributed by atoms with E-state index in [1.54, 1.807) is 36.4 Å². The van der Waals surface area contributed by atoms with Crippen molar-refractivity contribution in [2.45, 2.75) is 9.79 Å². The molecule has 0 aromatic heterocycles. The smallest absolute Gasteiger partial charge is 0.768 e. The van der Waals surface area contributed by atoms with Gasteiger partial charge in [0.2, 0.25) is 0 Å². The SMILES string of the molecule is O=S([O-])c1cccc(-c2ccccc2)c1S(=O)[O-].[Na+].[Na+]. The van der Waals surface area contributed by atoms with Crippen LogP contribution in [-0.2, 0) is 22.2 Å². The second kappa shape index (κ2) is 9.63. The summed E-state index contributed by atoms with van der Waals surface area (Å²) in [5, 5.41) is 0. The molecule has 0 aliphatic carbocycles. The molecule has 0 fully saturated rings. The maximum Gasteiger partial charge on any atom is 1.00 e. The molecule has 0 saturated heterocycles. The molecule has 0 aliphatic rings. The maximum atomic E-state index is 11.2. The third kappa shape index (κ3) is 4.84. The number of rotatable bonds is 3. The van der Waals surface area contributed by atoms with Crippen LogP contribution in [0, 0.1) is 0 Å². The molecular formula is C12H8Na2O4S2. The molecule has 0 spiro atoms. The standard InChI is InChI=1S/C12H10O4S2.2Na/c13-17(14)11-8-4-7-10(12(11)18(15)16)9-5-2-1-3-6-9;;/h1-8H,(H,13,14)(H,15,16);;/q;2*+1/p-2. The van der Waals surface area contributed by atoms with Crippen LogP contribution in [-0.4, -0.2) is 17.5 Å². The van der Waals surface area contributed by atoms with Crippen LogP contribution >= 0.6 is 0 Å². The summed E-state index contributed by atoms with van der Waals surface area (Å²) < 4.78 is 44.6. The van der Waals surface area contributed by atoms with Gasteiger partial charge in [0, 0.05) is 9.79 Å². The predicted octanol–water partition coefficient (Wildman–Crippen LogP) is -4.16. The molecule has 2 atom stereocenters. The monoisotopic (exact) mass is 326 g/mol. The average molecular weight is 326 g/mol. The Morgan fingerprint density at radius 2 is 1.35 bits per heavy atom. The molecule has 0 saturated carbocycles. The Bertz CT molecular complexity index is 620. The van der Waals surface area contributed by atoms with E-state index in [2.05, 4.69) is 0 Å². The average Bonchev–Trinajstić information content (AvgIpc) is 2.38. The summed E-state index contributed by atoms with van der Waals surface area (Å²) >= 11 is -5.20. The summed E-state index contributed by atoms with van der Waals surface area (Å²) in [5.41, 5.74) is 1.04. The molecule has 0 amide bonds. The van der Waals surface area contributed by atoms with Crippen molar-refractivity contribution in [3.05, 3.63) is 48.5 Å². The van der Waals surface area contributed by atoms with E-state index in [1.165, 1.54) is 12.1 Å². The van der Waals surface area contributed by atoms with Crippen molar-refractivity contribution in [2.24, 2.45) is 0 Å². The van der Waals surface area contributed by atoms with E-state index < -0.39 is 22.2 Å². The van der Waals surface area contributed by atoms with Gasteiger partial charge in [-0.1, -0.05) is 42.5 Å². The quantitative estimate of drug-likeness (QED) is 0.424. The van der Waals surface area contributed by atoms with Crippen molar-refractivity contribution < 1.29 is 76.6 Å². The second-order valence-corrected chi connectivity index (χ2v) is 5.26. The number of benzene rings is 2. The van der Waals surface area contributed by atoms with Crippen LogP contribution < -0.4 is 59.1 Å². The molecule has 4 nitrogen and oxygen atoms in total. The molecule has 0 heterocycles. The first kappa shape index (κ1) is 20.7. The van der Waals surface area contributed by atoms with E-state index in [0.717, 1.165) is 0 Å². The molecule has 2 aromatic carbocycles. The van der Waals surface area contributed by atoms with E-state index in [0.29, 0.717) is 11.1 Å². The zero-order valence-corrected chi connectivity index (χ0v) is 16.7. The van der Waals surface area contributed by atoms with Gasteiger partial charge in [-0.3, -0.25) is 8.42 Å². The first-order valence-electron chi connectivity index (χ1n) is 4.98. The number of hydrogen-bond donors (Lipinski definition) is 0. The molecular weight excluding hydrogens is 318 g/mol. The molecule has 8 heteroatoms. The minimum absolute atomic E-state index is 0. The Morgan fingerprint density at radius 3 is 1.85 bits per heavy atom. The van der Waals surface area contributed by atoms with Crippen LogP contribution in [0.1, 0.15) is 0 Å². The first-order valence-corrected chi connectivity index (χ1v) is 7.13. The van der Waals surface area contributed by atoms with E-state index >= 15 is 0 Å². The first-order chi connectivity index (χ1) is 8.61. The van der Waals surface area contributed by atoms with Crippen LogP contribution in [0.4, 0.5) is 0 Å². The Balaban J connectivity index is 0.00000180. The molecule has 20 heavy (non-hydrogen) atoms. The Labute approximate surface area is 166 Å². The summed E-state index contributed by atoms with van der Waals surface area (Å²) in [5.74, 6) is 0. The van der Waals surface area contributed by atoms with Gasteiger partial charge in [-0.05, 0) is 39.4 Å². The van der Waals surface area contributed by atoms with Crippen molar-refractivity contribution in [3.63, 3.8) is 0 Å². The van der Waals surface area contributed by atoms with Gasteiger partial charge < -0.3 is 9.11 Å². The summed E-state index contributed by atoms with van der Waals surface area (Å²) in [6, 6.07) is 13.1. The van der Waals surface area contributed by atoms with Crippen molar-refractivity contribution in [1.29, 1.82) is 0 Å². The van der Waals surface area contributed by atoms with E-state index in [-0.39, 0.29) is 68.9 Å². The van der Waals surface area contributed by atoms with Gasteiger partial charge in [-0.15, -0.1) is 0 Å². The molecule has 2 rings (SSSR count). The van der Waals surface area contributed by atoms with Crippen LogP contribution in [0.3, 0.4) is 0 Å². The van der Waals surface area contributed by atoms with Gasteiger partial charge in [0.05, 0.1) is 0 Å². The summed E-state index contributed by atoms with van der Waals surface area (Å²) in [6.07, 6.45) is 0. The number of hydrogen-bond acceptors (Lipinski definition) is 4. The Hall–Kier alpha value is 0.660. The van der Waals surface area contributed by atoms with Crippen molar-refractivity contribution in [3.8, 4) is 11.1 Å². The zero-order chi connectivity index (χ0) is 13.1.